The van der Waals surface area contributed by atoms with Crippen LogP contribution in [0.15, 0.2) is 16.7 Å². The molecule has 1 aromatic heterocycles. The first kappa shape index (κ1) is 14.6. The second kappa shape index (κ2) is 6.10. The predicted molar refractivity (Wildman–Crippen MR) is 79.0 cm³/mol. The molecule has 1 N–H and O–H groups in total. The maximum atomic E-state index is 5.64. The lowest BCUT2D eigenvalue weighted by Gasteiger charge is -2.30. The number of hydrogen-bond acceptors (Lipinski definition) is 3. The van der Waals surface area contributed by atoms with E-state index in [1.165, 1.54) is 31.5 Å². The van der Waals surface area contributed by atoms with E-state index < -0.39 is 0 Å². The van der Waals surface area contributed by atoms with Crippen molar-refractivity contribution in [2.75, 3.05) is 13.1 Å². The van der Waals surface area contributed by atoms with Crippen LogP contribution in [0.5, 0.6) is 0 Å². The number of nitrogens with zero attached hydrogens (tertiary/aromatic N) is 1. The van der Waals surface area contributed by atoms with Gasteiger partial charge in [-0.05, 0) is 52.1 Å². The minimum atomic E-state index is 0.129. The molecular formula is C16H28N2O. The molecule has 0 aliphatic carbocycles. The van der Waals surface area contributed by atoms with E-state index in [9.17, 15) is 0 Å². The van der Waals surface area contributed by atoms with E-state index in [2.05, 4.69) is 44.0 Å². The molecule has 19 heavy (non-hydrogen) atoms. The van der Waals surface area contributed by atoms with Gasteiger partial charge >= 0.3 is 0 Å². The summed E-state index contributed by atoms with van der Waals surface area (Å²) in [5.41, 5.74) is 1.47. The Kier molecular flexibility index (Phi) is 4.69. The number of hydrogen-bond donors (Lipinski definition) is 1. The molecule has 3 heteroatoms. The lowest BCUT2D eigenvalue weighted by molar-refractivity contribution is 0.175. The Balaban J connectivity index is 1.91. The first-order valence-electron chi connectivity index (χ1n) is 7.47. The molecule has 1 atom stereocenters. The summed E-state index contributed by atoms with van der Waals surface area (Å²) in [6.45, 7) is 13.2. The van der Waals surface area contributed by atoms with E-state index in [0.29, 0.717) is 0 Å². The SMILES string of the molecule is CC1CCCN(Cc2ccoc2CNC(C)(C)C)C1. The van der Waals surface area contributed by atoms with Crippen LogP contribution in [0.1, 0.15) is 51.9 Å². The highest BCUT2D eigenvalue weighted by atomic mass is 16.3. The Labute approximate surface area is 117 Å². The summed E-state index contributed by atoms with van der Waals surface area (Å²) < 4.78 is 5.64. The van der Waals surface area contributed by atoms with Gasteiger partial charge < -0.3 is 9.73 Å². The van der Waals surface area contributed by atoms with E-state index in [0.717, 1.165) is 24.8 Å². The van der Waals surface area contributed by atoms with Gasteiger partial charge in [-0.2, -0.15) is 0 Å². The monoisotopic (exact) mass is 264 g/mol. The molecule has 1 fully saturated rings. The molecule has 0 aromatic carbocycles. The van der Waals surface area contributed by atoms with Crippen molar-refractivity contribution in [2.24, 2.45) is 5.92 Å². The van der Waals surface area contributed by atoms with Crippen LogP contribution < -0.4 is 5.32 Å². The van der Waals surface area contributed by atoms with Gasteiger partial charge in [0.2, 0.25) is 0 Å². The molecule has 2 rings (SSSR count). The van der Waals surface area contributed by atoms with Crippen LogP contribution in [0.4, 0.5) is 0 Å². The number of piperidine rings is 1. The summed E-state index contributed by atoms with van der Waals surface area (Å²) in [6, 6.07) is 2.12. The summed E-state index contributed by atoms with van der Waals surface area (Å²) in [4.78, 5) is 2.56. The highest BCUT2D eigenvalue weighted by Gasteiger charge is 2.19. The molecule has 1 aliphatic rings. The normalized spacial score (nSPS) is 21.8. The van der Waals surface area contributed by atoms with Gasteiger partial charge in [0.25, 0.3) is 0 Å². The molecule has 1 aliphatic heterocycles. The van der Waals surface area contributed by atoms with E-state index >= 15 is 0 Å². The van der Waals surface area contributed by atoms with Crippen molar-refractivity contribution in [3.8, 4) is 0 Å². The molecule has 0 bridgehead atoms. The van der Waals surface area contributed by atoms with Crippen LogP contribution in [0, 0.1) is 5.92 Å². The van der Waals surface area contributed by atoms with Gasteiger partial charge in [-0.25, -0.2) is 0 Å². The van der Waals surface area contributed by atoms with Gasteiger partial charge in [-0.3, -0.25) is 4.90 Å². The maximum absolute atomic E-state index is 5.64. The third-order valence-corrected chi connectivity index (χ3v) is 3.75. The lowest BCUT2D eigenvalue weighted by atomic mass is 10.00. The molecule has 1 unspecified atom stereocenters. The molecule has 2 heterocycles. The fourth-order valence-electron chi connectivity index (χ4n) is 2.68. The molecule has 0 amide bonds. The zero-order valence-corrected chi connectivity index (χ0v) is 12.8. The second-order valence-corrected chi connectivity index (χ2v) is 6.96. The van der Waals surface area contributed by atoms with E-state index in [1.54, 1.807) is 0 Å². The average Bonchev–Trinajstić information content (AvgIpc) is 2.73. The number of rotatable bonds is 4. The summed E-state index contributed by atoms with van der Waals surface area (Å²) in [6.07, 6.45) is 4.53. The molecule has 0 saturated carbocycles. The number of furan rings is 1. The molecular weight excluding hydrogens is 236 g/mol. The van der Waals surface area contributed by atoms with Crippen molar-refractivity contribution < 1.29 is 4.42 Å². The second-order valence-electron chi connectivity index (χ2n) is 6.96. The standard InChI is InChI=1S/C16H28N2O/c1-13-6-5-8-18(11-13)12-14-7-9-19-15(14)10-17-16(2,3)4/h7,9,13,17H,5-6,8,10-12H2,1-4H3. The predicted octanol–water partition coefficient (Wildman–Crippen LogP) is 3.40. The first-order valence-corrected chi connectivity index (χ1v) is 7.47. The Morgan fingerprint density at radius 3 is 2.89 bits per heavy atom. The lowest BCUT2D eigenvalue weighted by Crippen LogP contribution is -2.36. The van der Waals surface area contributed by atoms with Crippen molar-refractivity contribution in [1.82, 2.24) is 10.2 Å². The third kappa shape index (κ3) is 4.66. The smallest absolute Gasteiger partial charge is 0.122 e. The molecule has 3 nitrogen and oxygen atoms in total. The van der Waals surface area contributed by atoms with Crippen LogP contribution in [0.25, 0.3) is 0 Å². The minimum absolute atomic E-state index is 0.129. The highest BCUT2D eigenvalue weighted by molar-refractivity contribution is 5.17. The van der Waals surface area contributed by atoms with Gasteiger partial charge in [0, 0.05) is 24.2 Å². The molecule has 1 saturated heterocycles. The van der Waals surface area contributed by atoms with E-state index in [-0.39, 0.29) is 5.54 Å². The molecule has 0 spiro atoms. The van der Waals surface area contributed by atoms with Crippen LogP contribution in [0.3, 0.4) is 0 Å². The van der Waals surface area contributed by atoms with E-state index in [1.807, 2.05) is 6.26 Å². The summed E-state index contributed by atoms with van der Waals surface area (Å²) in [5.74, 6) is 1.92. The van der Waals surface area contributed by atoms with Gasteiger partial charge in [-0.1, -0.05) is 6.92 Å². The van der Waals surface area contributed by atoms with Crippen molar-refractivity contribution in [1.29, 1.82) is 0 Å². The largest absolute Gasteiger partial charge is 0.468 e. The van der Waals surface area contributed by atoms with Crippen LogP contribution in [0.2, 0.25) is 0 Å². The van der Waals surface area contributed by atoms with Crippen molar-refractivity contribution in [2.45, 2.75) is 59.2 Å². The van der Waals surface area contributed by atoms with Crippen LogP contribution >= 0.6 is 0 Å². The fraction of sp³-hybridized carbons (Fsp3) is 0.750. The number of nitrogens with one attached hydrogen (secondary N) is 1. The Bertz CT molecular complexity index is 392. The zero-order chi connectivity index (χ0) is 13.9. The summed E-state index contributed by atoms with van der Waals surface area (Å²) >= 11 is 0. The summed E-state index contributed by atoms with van der Waals surface area (Å²) in [7, 11) is 0. The minimum Gasteiger partial charge on any atom is -0.468 e. The van der Waals surface area contributed by atoms with Gasteiger partial charge in [0.1, 0.15) is 5.76 Å². The third-order valence-electron chi connectivity index (χ3n) is 3.75. The van der Waals surface area contributed by atoms with Crippen LogP contribution in [-0.2, 0) is 13.1 Å². The topological polar surface area (TPSA) is 28.4 Å². The summed E-state index contributed by atoms with van der Waals surface area (Å²) in [5, 5.41) is 3.50. The molecule has 1 aromatic rings. The quantitative estimate of drug-likeness (QED) is 0.903. The molecule has 0 radical (unpaired) electrons. The fourth-order valence-corrected chi connectivity index (χ4v) is 2.68. The van der Waals surface area contributed by atoms with Gasteiger partial charge in [0.05, 0.1) is 12.8 Å². The Hall–Kier alpha value is -0.800. The Morgan fingerprint density at radius 2 is 2.21 bits per heavy atom. The van der Waals surface area contributed by atoms with E-state index in [4.69, 9.17) is 4.42 Å². The number of likely N-dealkylation sites (tertiary alicyclic amines) is 1. The van der Waals surface area contributed by atoms with Gasteiger partial charge in [0.15, 0.2) is 0 Å². The zero-order valence-electron chi connectivity index (χ0n) is 12.8. The maximum Gasteiger partial charge on any atom is 0.122 e. The Morgan fingerprint density at radius 1 is 1.42 bits per heavy atom. The van der Waals surface area contributed by atoms with Crippen molar-refractivity contribution >= 4 is 0 Å². The highest BCUT2D eigenvalue weighted by Crippen LogP contribution is 2.20. The van der Waals surface area contributed by atoms with Crippen molar-refractivity contribution in [3.05, 3.63) is 23.7 Å². The van der Waals surface area contributed by atoms with Gasteiger partial charge in [-0.15, -0.1) is 0 Å². The van der Waals surface area contributed by atoms with Crippen molar-refractivity contribution in [3.63, 3.8) is 0 Å². The average molecular weight is 264 g/mol. The van der Waals surface area contributed by atoms with Crippen LogP contribution in [-0.4, -0.2) is 23.5 Å². The first-order chi connectivity index (χ1) is 8.94. The molecule has 108 valence electrons.